The van der Waals surface area contributed by atoms with Gasteiger partial charge in [-0.25, -0.2) is 4.98 Å². The number of aromatic amines is 1. The molecule has 4 nitrogen and oxygen atoms in total. The standard InChI is InChI=1S/C14H14N4/c1-2-4-13-12(3-1)6-8-16-14(13)15-7-5-11-9-17-18-10-11/h1-4,6,8-10H,5,7H2,(H,15,16)(H,17,18). The summed E-state index contributed by atoms with van der Waals surface area (Å²) < 4.78 is 0. The number of H-pyrrole nitrogens is 1. The average molecular weight is 238 g/mol. The number of rotatable bonds is 4. The zero-order valence-corrected chi connectivity index (χ0v) is 9.93. The number of nitrogens with zero attached hydrogens (tertiary/aromatic N) is 2. The van der Waals surface area contributed by atoms with Crippen molar-refractivity contribution in [3.8, 4) is 0 Å². The van der Waals surface area contributed by atoms with Gasteiger partial charge in [0.1, 0.15) is 5.82 Å². The molecule has 3 aromatic rings. The summed E-state index contributed by atoms with van der Waals surface area (Å²) in [7, 11) is 0. The normalized spacial score (nSPS) is 10.7. The van der Waals surface area contributed by atoms with Crippen LogP contribution in [0, 0.1) is 0 Å². The first kappa shape index (κ1) is 10.8. The molecule has 18 heavy (non-hydrogen) atoms. The molecule has 1 aromatic carbocycles. The molecular weight excluding hydrogens is 224 g/mol. The van der Waals surface area contributed by atoms with E-state index in [1.54, 1.807) is 0 Å². The van der Waals surface area contributed by atoms with E-state index in [2.05, 4.69) is 32.6 Å². The largest absolute Gasteiger partial charge is 0.369 e. The minimum absolute atomic E-state index is 0.848. The molecule has 0 bridgehead atoms. The summed E-state index contributed by atoms with van der Waals surface area (Å²) in [6, 6.07) is 10.3. The lowest BCUT2D eigenvalue weighted by Gasteiger charge is -2.07. The summed E-state index contributed by atoms with van der Waals surface area (Å²) in [5.74, 6) is 0.941. The number of aromatic nitrogens is 3. The molecule has 0 aliphatic heterocycles. The van der Waals surface area contributed by atoms with Crippen LogP contribution in [-0.4, -0.2) is 21.7 Å². The van der Waals surface area contributed by atoms with Crippen LogP contribution >= 0.6 is 0 Å². The minimum atomic E-state index is 0.848. The first-order valence-electron chi connectivity index (χ1n) is 5.99. The molecule has 0 unspecified atom stereocenters. The monoisotopic (exact) mass is 238 g/mol. The molecule has 2 N–H and O–H groups in total. The Morgan fingerprint density at radius 2 is 2.11 bits per heavy atom. The highest BCUT2D eigenvalue weighted by atomic mass is 15.1. The quantitative estimate of drug-likeness (QED) is 0.734. The third kappa shape index (κ3) is 2.18. The predicted octanol–water partition coefficient (Wildman–Crippen LogP) is 2.61. The molecule has 2 heterocycles. The van der Waals surface area contributed by atoms with Crippen LogP contribution in [0.3, 0.4) is 0 Å². The summed E-state index contributed by atoms with van der Waals surface area (Å²) in [6.45, 7) is 0.848. The van der Waals surface area contributed by atoms with Gasteiger partial charge in [0.05, 0.1) is 6.20 Å². The van der Waals surface area contributed by atoms with E-state index in [1.165, 1.54) is 10.9 Å². The average Bonchev–Trinajstić information content (AvgIpc) is 2.92. The second-order valence-electron chi connectivity index (χ2n) is 4.16. The fraction of sp³-hybridized carbons (Fsp3) is 0.143. The van der Waals surface area contributed by atoms with Crippen molar-refractivity contribution in [2.75, 3.05) is 11.9 Å². The second-order valence-corrected chi connectivity index (χ2v) is 4.16. The van der Waals surface area contributed by atoms with Crippen LogP contribution < -0.4 is 5.32 Å². The van der Waals surface area contributed by atoms with Crippen LogP contribution in [0.25, 0.3) is 10.8 Å². The maximum atomic E-state index is 4.39. The summed E-state index contributed by atoms with van der Waals surface area (Å²) in [6.07, 6.45) is 6.53. The van der Waals surface area contributed by atoms with E-state index in [1.807, 2.05) is 36.8 Å². The van der Waals surface area contributed by atoms with Crippen molar-refractivity contribution in [2.24, 2.45) is 0 Å². The van der Waals surface area contributed by atoms with E-state index in [9.17, 15) is 0 Å². The molecule has 0 radical (unpaired) electrons. The number of fused-ring (bicyclic) bond motifs is 1. The number of benzene rings is 1. The molecular formula is C14H14N4. The Hall–Kier alpha value is -2.36. The fourth-order valence-corrected chi connectivity index (χ4v) is 2.00. The molecule has 0 aliphatic rings. The summed E-state index contributed by atoms with van der Waals surface area (Å²) in [4.78, 5) is 4.39. The predicted molar refractivity (Wildman–Crippen MR) is 72.5 cm³/mol. The minimum Gasteiger partial charge on any atom is -0.369 e. The van der Waals surface area contributed by atoms with Gasteiger partial charge in [-0.15, -0.1) is 0 Å². The molecule has 0 saturated heterocycles. The van der Waals surface area contributed by atoms with Crippen molar-refractivity contribution in [1.29, 1.82) is 0 Å². The third-order valence-corrected chi connectivity index (χ3v) is 2.93. The zero-order valence-electron chi connectivity index (χ0n) is 9.93. The first-order valence-corrected chi connectivity index (χ1v) is 5.99. The Kier molecular flexibility index (Phi) is 2.92. The van der Waals surface area contributed by atoms with E-state index in [0.717, 1.165) is 24.2 Å². The number of pyridine rings is 1. The smallest absolute Gasteiger partial charge is 0.133 e. The summed E-state index contributed by atoms with van der Waals surface area (Å²) in [5, 5.41) is 12.5. The highest BCUT2D eigenvalue weighted by Crippen LogP contribution is 2.20. The summed E-state index contributed by atoms with van der Waals surface area (Å²) >= 11 is 0. The molecule has 0 aliphatic carbocycles. The lowest BCUT2D eigenvalue weighted by molar-refractivity contribution is 1.01. The van der Waals surface area contributed by atoms with Crippen molar-refractivity contribution in [2.45, 2.75) is 6.42 Å². The second kappa shape index (κ2) is 4.87. The maximum absolute atomic E-state index is 4.39. The molecule has 0 fully saturated rings. The van der Waals surface area contributed by atoms with Crippen LogP contribution in [0.5, 0.6) is 0 Å². The number of nitrogens with one attached hydrogen (secondary N) is 2. The van der Waals surface area contributed by atoms with E-state index in [4.69, 9.17) is 0 Å². The van der Waals surface area contributed by atoms with Gasteiger partial charge in [0.25, 0.3) is 0 Å². The molecule has 0 amide bonds. The molecule has 4 heteroatoms. The van der Waals surface area contributed by atoms with Crippen molar-refractivity contribution < 1.29 is 0 Å². The number of hydrogen-bond acceptors (Lipinski definition) is 3. The Labute approximate surface area is 105 Å². The van der Waals surface area contributed by atoms with Crippen LogP contribution in [-0.2, 0) is 6.42 Å². The fourth-order valence-electron chi connectivity index (χ4n) is 2.00. The Balaban J connectivity index is 1.74. The lowest BCUT2D eigenvalue weighted by atomic mass is 10.1. The molecule has 90 valence electrons. The SMILES string of the molecule is c1ccc2c(NCCc3cn[nH]c3)nccc2c1. The van der Waals surface area contributed by atoms with Gasteiger partial charge in [0, 0.05) is 24.3 Å². The van der Waals surface area contributed by atoms with Gasteiger partial charge in [-0.1, -0.05) is 24.3 Å². The van der Waals surface area contributed by atoms with E-state index in [-0.39, 0.29) is 0 Å². The van der Waals surface area contributed by atoms with Crippen molar-refractivity contribution >= 4 is 16.6 Å². The highest BCUT2D eigenvalue weighted by molar-refractivity contribution is 5.91. The molecule has 0 atom stereocenters. The van der Waals surface area contributed by atoms with Crippen molar-refractivity contribution in [3.05, 3.63) is 54.5 Å². The number of hydrogen-bond donors (Lipinski definition) is 2. The molecule has 3 rings (SSSR count). The Morgan fingerprint density at radius 3 is 3.00 bits per heavy atom. The van der Waals surface area contributed by atoms with Crippen LogP contribution in [0.4, 0.5) is 5.82 Å². The summed E-state index contributed by atoms with van der Waals surface area (Å²) in [5.41, 5.74) is 1.20. The Morgan fingerprint density at radius 1 is 1.17 bits per heavy atom. The van der Waals surface area contributed by atoms with Gasteiger partial charge >= 0.3 is 0 Å². The maximum Gasteiger partial charge on any atom is 0.133 e. The van der Waals surface area contributed by atoms with Crippen LogP contribution in [0.1, 0.15) is 5.56 Å². The van der Waals surface area contributed by atoms with E-state index in [0.29, 0.717) is 0 Å². The first-order chi connectivity index (χ1) is 8.93. The van der Waals surface area contributed by atoms with E-state index < -0.39 is 0 Å². The third-order valence-electron chi connectivity index (χ3n) is 2.93. The van der Waals surface area contributed by atoms with Gasteiger partial charge in [-0.3, -0.25) is 5.10 Å². The molecule has 2 aromatic heterocycles. The van der Waals surface area contributed by atoms with Gasteiger partial charge in [-0.05, 0) is 23.4 Å². The van der Waals surface area contributed by atoms with Crippen molar-refractivity contribution in [3.63, 3.8) is 0 Å². The highest BCUT2D eigenvalue weighted by Gasteiger charge is 2.01. The van der Waals surface area contributed by atoms with Gasteiger partial charge in [-0.2, -0.15) is 5.10 Å². The topological polar surface area (TPSA) is 53.6 Å². The van der Waals surface area contributed by atoms with Crippen LogP contribution in [0.15, 0.2) is 48.9 Å². The van der Waals surface area contributed by atoms with E-state index >= 15 is 0 Å². The number of anilines is 1. The van der Waals surface area contributed by atoms with Gasteiger partial charge in [0.2, 0.25) is 0 Å². The van der Waals surface area contributed by atoms with Crippen LogP contribution in [0.2, 0.25) is 0 Å². The Bertz CT molecular complexity index is 626. The lowest BCUT2D eigenvalue weighted by Crippen LogP contribution is -2.06. The van der Waals surface area contributed by atoms with Gasteiger partial charge < -0.3 is 5.32 Å². The molecule has 0 spiro atoms. The zero-order chi connectivity index (χ0) is 12.2. The van der Waals surface area contributed by atoms with Crippen molar-refractivity contribution in [1.82, 2.24) is 15.2 Å². The molecule has 0 saturated carbocycles. The van der Waals surface area contributed by atoms with Gasteiger partial charge in [0.15, 0.2) is 0 Å².